The first kappa shape index (κ1) is 18.6. The van der Waals surface area contributed by atoms with Gasteiger partial charge in [0, 0.05) is 17.7 Å². The van der Waals surface area contributed by atoms with Crippen molar-refractivity contribution in [2.75, 3.05) is 0 Å². The first-order valence-corrected chi connectivity index (χ1v) is 8.33. The summed E-state index contributed by atoms with van der Waals surface area (Å²) < 4.78 is 18.5. The van der Waals surface area contributed by atoms with Gasteiger partial charge in [0.25, 0.3) is 11.6 Å². The predicted octanol–water partition coefficient (Wildman–Crippen LogP) is 5.14. The lowest BCUT2D eigenvalue weighted by atomic mass is 10.1. The van der Waals surface area contributed by atoms with E-state index in [1.807, 2.05) is 0 Å². The van der Waals surface area contributed by atoms with Crippen LogP contribution in [0.1, 0.15) is 29.1 Å². The molecule has 0 spiro atoms. The fraction of sp³-hybridized carbons (Fsp3) is 0.105. The van der Waals surface area contributed by atoms with E-state index in [1.165, 1.54) is 36.4 Å². The third kappa shape index (κ3) is 4.15. The van der Waals surface area contributed by atoms with Gasteiger partial charge in [0.15, 0.2) is 5.76 Å². The van der Waals surface area contributed by atoms with Crippen molar-refractivity contribution >= 4 is 23.2 Å². The molecule has 0 fully saturated rings. The molecule has 6 nitrogen and oxygen atoms in total. The number of furan rings is 1. The molecule has 2 aromatic carbocycles. The van der Waals surface area contributed by atoms with Gasteiger partial charge in [-0.15, -0.1) is 0 Å². The van der Waals surface area contributed by atoms with Gasteiger partial charge >= 0.3 is 0 Å². The Kier molecular flexibility index (Phi) is 5.23. The molecule has 3 rings (SSSR count). The highest BCUT2D eigenvalue weighted by Crippen LogP contribution is 2.32. The summed E-state index contributed by atoms with van der Waals surface area (Å²) in [5, 5.41) is 13.7. The van der Waals surface area contributed by atoms with Crippen LogP contribution < -0.4 is 5.32 Å². The number of hydrogen-bond donors (Lipinski definition) is 1. The van der Waals surface area contributed by atoms with Gasteiger partial charge in [-0.3, -0.25) is 14.9 Å². The summed E-state index contributed by atoms with van der Waals surface area (Å²) in [6.07, 6.45) is 0. The average molecular weight is 389 g/mol. The summed E-state index contributed by atoms with van der Waals surface area (Å²) in [7, 11) is 0. The van der Waals surface area contributed by atoms with E-state index < -0.39 is 10.8 Å². The molecular formula is C19H14ClFN2O4. The molecule has 0 aliphatic carbocycles. The minimum atomic E-state index is -0.548. The molecule has 27 heavy (non-hydrogen) atoms. The van der Waals surface area contributed by atoms with Crippen LogP contribution in [0.15, 0.2) is 59.0 Å². The number of non-ortho nitro benzene ring substituents is 1. The zero-order chi connectivity index (χ0) is 19.6. The minimum Gasteiger partial charge on any atom is -0.451 e. The maximum atomic E-state index is 13.0. The lowest BCUT2D eigenvalue weighted by molar-refractivity contribution is -0.384. The zero-order valence-corrected chi connectivity index (χ0v) is 14.9. The van der Waals surface area contributed by atoms with Gasteiger partial charge < -0.3 is 9.73 Å². The SMILES string of the molecule is C[C@@H](NC(=O)c1ccc(-c2ccc([N+](=O)[O-])cc2Cl)o1)c1ccc(F)cc1. The van der Waals surface area contributed by atoms with Gasteiger partial charge in [0.05, 0.1) is 16.0 Å². The summed E-state index contributed by atoms with van der Waals surface area (Å²) in [6, 6.07) is 12.5. The largest absolute Gasteiger partial charge is 0.451 e. The summed E-state index contributed by atoms with van der Waals surface area (Å²) in [5.74, 6) is -0.424. The highest BCUT2D eigenvalue weighted by Gasteiger charge is 2.18. The average Bonchev–Trinajstić information content (AvgIpc) is 3.12. The maximum Gasteiger partial charge on any atom is 0.287 e. The number of amides is 1. The van der Waals surface area contributed by atoms with Gasteiger partial charge in [0.1, 0.15) is 11.6 Å². The van der Waals surface area contributed by atoms with Crippen LogP contribution in [-0.4, -0.2) is 10.8 Å². The third-order valence-electron chi connectivity index (χ3n) is 3.98. The number of rotatable bonds is 5. The van der Waals surface area contributed by atoms with Gasteiger partial charge in [-0.25, -0.2) is 4.39 Å². The van der Waals surface area contributed by atoms with Crippen LogP contribution in [0.4, 0.5) is 10.1 Å². The van der Waals surface area contributed by atoms with Gasteiger partial charge in [-0.2, -0.15) is 0 Å². The first-order chi connectivity index (χ1) is 12.8. The van der Waals surface area contributed by atoms with Crippen molar-refractivity contribution in [3.63, 3.8) is 0 Å². The maximum absolute atomic E-state index is 13.0. The normalized spacial score (nSPS) is 11.8. The second kappa shape index (κ2) is 7.59. The second-order valence-corrected chi connectivity index (χ2v) is 6.24. The number of carbonyl (C=O) groups excluding carboxylic acids is 1. The zero-order valence-electron chi connectivity index (χ0n) is 14.1. The molecule has 8 heteroatoms. The van der Waals surface area contributed by atoms with Gasteiger partial charge in [0.2, 0.25) is 0 Å². The van der Waals surface area contributed by atoms with Crippen molar-refractivity contribution in [3.8, 4) is 11.3 Å². The van der Waals surface area contributed by atoms with Gasteiger partial charge in [-0.1, -0.05) is 23.7 Å². The van der Waals surface area contributed by atoms with Crippen molar-refractivity contribution in [2.45, 2.75) is 13.0 Å². The Hall–Kier alpha value is -3.19. The van der Waals surface area contributed by atoms with Crippen LogP contribution in [0.25, 0.3) is 11.3 Å². The standard InChI is InChI=1S/C19H14ClFN2O4/c1-11(12-2-4-13(21)5-3-12)22-19(24)18-9-8-17(27-18)15-7-6-14(23(25)26)10-16(15)20/h2-11H,1H3,(H,22,24)/t11-/m1/s1. The van der Waals surface area contributed by atoms with Crippen LogP contribution in [0.5, 0.6) is 0 Å². The molecule has 1 aromatic heterocycles. The van der Waals surface area contributed by atoms with Crippen LogP contribution in [0, 0.1) is 15.9 Å². The van der Waals surface area contributed by atoms with E-state index in [2.05, 4.69) is 5.32 Å². The van der Waals surface area contributed by atoms with Crippen LogP contribution in [0.3, 0.4) is 0 Å². The van der Waals surface area contributed by atoms with Crippen LogP contribution >= 0.6 is 11.6 Å². The fourth-order valence-corrected chi connectivity index (χ4v) is 2.79. The van der Waals surface area contributed by atoms with Crippen molar-refractivity contribution < 1.29 is 18.5 Å². The lowest BCUT2D eigenvalue weighted by Crippen LogP contribution is -2.26. The highest BCUT2D eigenvalue weighted by molar-refractivity contribution is 6.33. The molecule has 1 atom stereocenters. The van der Waals surface area contributed by atoms with E-state index >= 15 is 0 Å². The number of benzene rings is 2. The number of nitro benzene ring substituents is 1. The van der Waals surface area contributed by atoms with Gasteiger partial charge in [-0.05, 0) is 42.8 Å². The number of nitro groups is 1. The second-order valence-electron chi connectivity index (χ2n) is 5.83. The molecule has 0 unspecified atom stereocenters. The number of hydrogen-bond acceptors (Lipinski definition) is 4. The van der Waals surface area contributed by atoms with Crippen molar-refractivity contribution in [1.29, 1.82) is 0 Å². The molecule has 138 valence electrons. The smallest absolute Gasteiger partial charge is 0.287 e. The third-order valence-corrected chi connectivity index (χ3v) is 4.29. The molecule has 1 heterocycles. The number of halogens is 2. The number of nitrogens with one attached hydrogen (secondary N) is 1. The number of carbonyl (C=O) groups is 1. The quantitative estimate of drug-likeness (QED) is 0.484. The highest BCUT2D eigenvalue weighted by atomic mass is 35.5. The van der Waals surface area contributed by atoms with Crippen molar-refractivity contribution in [1.82, 2.24) is 5.32 Å². The van der Waals surface area contributed by atoms with Crippen LogP contribution in [-0.2, 0) is 0 Å². The Bertz CT molecular complexity index is 1000. The molecule has 1 amide bonds. The first-order valence-electron chi connectivity index (χ1n) is 7.95. The van der Waals surface area contributed by atoms with E-state index in [-0.39, 0.29) is 28.3 Å². The Labute approximate surface area is 158 Å². The fourth-order valence-electron chi connectivity index (χ4n) is 2.52. The lowest BCUT2D eigenvalue weighted by Gasteiger charge is -2.13. The molecule has 0 bridgehead atoms. The molecule has 0 aliphatic rings. The van der Waals surface area contributed by atoms with E-state index in [0.29, 0.717) is 11.3 Å². The monoisotopic (exact) mass is 388 g/mol. The van der Waals surface area contributed by atoms with E-state index in [1.54, 1.807) is 25.1 Å². The Morgan fingerprint density at radius 3 is 2.52 bits per heavy atom. The van der Waals surface area contributed by atoms with E-state index in [4.69, 9.17) is 16.0 Å². The van der Waals surface area contributed by atoms with Crippen molar-refractivity contribution in [3.05, 3.63) is 86.9 Å². The van der Waals surface area contributed by atoms with Crippen LogP contribution in [0.2, 0.25) is 5.02 Å². The molecule has 0 aliphatic heterocycles. The minimum absolute atomic E-state index is 0.0633. The van der Waals surface area contributed by atoms with E-state index in [0.717, 1.165) is 5.56 Å². The summed E-state index contributed by atoms with van der Waals surface area (Å²) in [6.45, 7) is 1.77. The molecule has 0 saturated carbocycles. The predicted molar refractivity (Wildman–Crippen MR) is 98.1 cm³/mol. The molecule has 0 saturated heterocycles. The van der Waals surface area contributed by atoms with E-state index in [9.17, 15) is 19.3 Å². The summed E-state index contributed by atoms with van der Waals surface area (Å²) in [5.41, 5.74) is 1.05. The molecule has 1 N–H and O–H groups in total. The summed E-state index contributed by atoms with van der Waals surface area (Å²) >= 11 is 6.08. The Morgan fingerprint density at radius 1 is 1.19 bits per heavy atom. The molecular weight excluding hydrogens is 375 g/mol. The molecule has 0 radical (unpaired) electrons. The Balaban J connectivity index is 1.76. The molecule has 3 aromatic rings. The number of nitrogens with zero attached hydrogens (tertiary/aromatic N) is 1. The Morgan fingerprint density at radius 2 is 1.89 bits per heavy atom. The van der Waals surface area contributed by atoms with Crippen molar-refractivity contribution in [2.24, 2.45) is 0 Å². The topological polar surface area (TPSA) is 85.4 Å². The summed E-state index contributed by atoms with van der Waals surface area (Å²) in [4.78, 5) is 22.6.